The average molecular weight is 306 g/mol. The number of nitrogens with two attached hydrogens (primary N) is 1. The van der Waals surface area contributed by atoms with Crippen molar-refractivity contribution in [1.29, 1.82) is 0 Å². The van der Waals surface area contributed by atoms with Gasteiger partial charge in [0.05, 0.1) is 12.2 Å². The minimum absolute atomic E-state index is 0.297. The number of hydrogen-bond acceptors (Lipinski definition) is 2. The SMILES string of the molecule is NC(=S)c1cc(Cl)ccc1OCCCc1ccccc1. The summed E-state index contributed by atoms with van der Waals surface area (Å²) in [6.07, 6.45) is 1.92. The summed E-state index contributed by atoms with van der Waals surface area (Å²) < 4.78 is 5.75. The zero-order valence-electron chi connectivity index (χ0n) is 11.0. The second kappa shape index (κ2) is 7.27. The van der Waals surface area contributed by atoms with Gasteiger partial charge in [0.15, 0.2) is 0 Å². The largest absolute Gasteiger partial charge is 0.493 e. The highest BCUT2D eigenvalue weighted by Gasteiger charge is 2.07. The molecule has 0 spiro atoms. The maximum atomic E-state index is 5.93. The third-order valence-electron chi connectivity index (χ3n) is 2.92. The van der Waals surface area contributed by atoms with Gasteiger partial charge in [-0.15, -0.1) is 0 Å². The number of halogens is 1. The first-order valence-corrected chi connectivity index (χ1v) is 7.21. The fourth-order valence-corrected chi connectivity index (χ4v) is 2.26. The molecule has 0 radical (unpaired) electrons. The first kappa shape index (κ1) is 14.8. The van der Waals surface area contributed by atoms with E-state index in [2.05, 4.69) is 12.1 Å². The van der Waals surface area contributed by atoms with E-state index in [4.69, 9.17) is 34.3 Å². The lowest BCUT2D eigenvalue weighted by atomic mass is 10.1. The second-order valence-corrected chi connectivity index (χ2v) is 5.32. The van der Waals surface area contributed by atoms with Crippen LogP contribution in [-0.2, 0) is 6.42 Å². The Morgan fingerprint density at radius 3 is 2.60 bits per heavy atom. The van der Waals surface area contributed by atoms with Crippen molar-refractivity contribution in [3.05, 3.63) is 64.7 Å². The number of aryl methyl sites for hydroxylation is 1. The molecular formula is C16H16ClNOS. The Bertz CT molecular complexity index is 586. The molecule has 4 heteroatoms. The molecule has 2 N–H and O–H groups in total. The fourth-order valence-electron chi connectivity index (χ4n) is 1.92. The first-order chi connectivity index (χ1) is 9.66. The molecule has 2 aromatic carbocycles. The minimum atomic E-state index is 0.297. The Balaban J connectivity index is 1.90. The van der Waals surface area contributed by atoms with Crippen molar-refractivity contribution in [2.24, 2.45) is 5.73 Å². The van der Waals surface area contributed by atoms with Gasteiger partial charge in [-0.3, -0.25) is 0 Å². The summed E-state index contributed by atoms with van der Waals surface area (Å²) in [7, 11) is 0. The molecule has 0 atom stereocenters. The van der Waals surface area contributed by atoms with Crippen molar-refractivity contribution in [3.8, 4) is 5.75 Å². The molecule has 0 saturated carbocycles. The van der Waals surface area contributed by atoms with E-state index in [1.807, 2.05) is 18.2 Å². The minimum Gasteiger partial charge on any atom is -0.493 e. The van der Waals surface area contributed by atoms with Gasteiger partial charge >= 0.3 is 0 Å². The molecule has 0 bridgehead atoms. The lowest BCUT2D eigenvalue weighted by molar-refractivity contribution is 0.310. The Kier molecular flexibility index (Phi) is 5.39. The van der Waals surface area contributed by atoms with Gasteiger partial charge in [0, 0.05) is 5.02 Å². The maximum absolute atomic E-state index is 5.93. The van der Waals surface area contributed by atoms with Crippen LogP contribution in [-0.4, -0.2) is 11.6 Å². The molecule has 0 aliphatic rings. The molecule has 0 aromatic heterocycles. The second-order valence-electron chi connectivity index (χ2n) is 4.44. The van der Waals surface area contributed by atoms with E-state index < -0.39 is 0 Å². The number of thiocarbonyl (C=S) groups is 1. The van der Waals surface area contributed by atoms with Gasteiger partial charge in [-0.1, -0.05) is 54.2 Å². The Labute approximate surface area is 129 Å². The van der Waals surface area contributed by atoms with E-state index in [-0.39, 0.29) is 0 Å². The highest BCUT2D eigenvalue weighted by molar-refractivity contribution is 7.80. The van der Waals surface area contributed by atoms with Crippen molar-refractivity contribution in [2.75, 3.05) is 6.61 Å². The number of hydrogen-bond donors (Lipinski definition) is 1. The number of ether oxygens (including phenoxy) is 1. The zero-order chi connectivity index (χ0) is 14.4. The lowest BCUT2D eigenvalue weighted by Crippen LogP contribution is -2.12. The van der Waals surface area contributed by atoms with Crippen LogP contribution < -0.4 is 10.5 Å². The summed E-state index contributed by atoms with van der Waals surface area (Å²) in [6.45, 7) is 0.617. The first-order valence-electron chi connectivity index (χ1n) is 6.43. The molecule has 0 fully saturated rings. The van der Waals surface area contributed by atoms with E-state index in [0.29, 0.717) is 27.9 Å². The summed E-state index contributed by atoms with van der Waals surface area (Å²) in [5.41, 5.74) is 7.67. The summed E-state index contributed by atoms with van der Waals surface area (Å²) in [5.74, 6) is 0.690. The van der Waals surface area contributed by atoms with Crippen molar-refractivity contribution in [1.82, 2.24) is 0 Å². The topological polar surface area (TPSA) is 35.2 Å². The molecule has 0 aliphatic heterocycles. The maximum Gasteiger partial charge on any atom is 0.129 e. The molecule has 0 unspecified atom stereocenters. The molecule has 0 aliphatic carbocycles. The van der Waals surface area contributed by atoms with Crippen molar-refractivity contribution >= 4 is 28.8 Å². The molecule has 2 nitrogen and oxygen atoms in total. The summed E-state index contributed by atoms with van der Waals surface area (Å²) in [4.78, 5) is 0.297. The fraction of sp³-hybridized carbons (Fsp3) is 0.188. The Morgan fingerprint density at radius 1 is 1.15 bits per heavy atom. The van der Waals surface area contributed by atoms with Crippen LogP contribution in [0.25, 0.3) is 0 Å². The summed E-state index contributed by atoms with van der Waals surface area (Å²) in [5, 5.41) is 0.601. The predicted molar refractivity (Wildman–Crippen MR) is 87.6 cm³/mol. The number of rotatable bonds is 6. The molecular weight excluding hydrogens is 290 g/mol. The van der Waals surface area contributed by atoms with Crippen molar-refractivity contribution < 1.29 is 4.74 Å². The molecule has 0 amide bonds. The lowest BCUT2D eigenvalue weighted by Gasteiger charge is -2.11. The Morgan fingerprint density at radius 2 is 1.90 bits per heavy atom. The molecule has 0 heterocycles. The molecule has 104 valence electrons. The highest BCUT2D eigenvalue weighted by atomic mass is 35.5. The van der Waals surface area contributed by atoms with Gasteiger partial charge in [0.25, 0.3) is 0 Å². The van der Waals surface area contributed by atoms with E-state index >= 15 is 0 Å². The van der Waals surface area contributed by atoms with Crippen molar-refractivity contribution in [2.45, 2.75) is 12.8 Å². The van der Waals surface area contributed by atoms with Gasteiger partial charge in [0.1, 0.15) is 10.7 Å². The summed E-state index contributed by atoms with van der Waals surface area (Å²) in [6, 6.07) is 15.6. The van der Waals surface area contributed by atoms with E-state index in [9.17, 15) is 0 Å². The monoisotopic (exact) mass is 305 g/mol. The van der Waals surface area contributed by atoms with E-state index in [1.165, 1.54) is 5.56 Å². The third kappa shape index (κ3) is 4.22. The van der Waals surface area contributed by atoms with Crippen LogP contribution in [0.3, 0.4) is 0 Å². The van der Waals surface area contributed by atoms with Crippen LogP contribution in [0.5, 0.6) is 5.75 Å². The van der Waals surface area contributed by atoms with Gasteiger partial charge in [-0.2, -0.15) is 0 Å². The van der Waals surface area contributed by atoms with Gasteiger partial charge < -0.3 is 10.5 Å². The smallest absolute Gasteiger partial charge is 0.129 e. The van der Waals surface area contributed by atoms with Crippen LogP contribution in [0.15, 0.2) is 48.5 Å². The predicted octanol–water partition coefficient (Wildman–Crippen LogP) is 3.99. The zero-order valence-corrected chi connectivity index (χ0v) is 12.6. The number of benzene rings is 2. The molecule has 2 aromatic rings. The van der Waals surface area contributed by atoms with Crippen LogP contribution in [0.2, 0.25) is 5.02 Å². The highest BCUT2D eigenvalue weighted by Crippen LogP contribution is 2.23. The van der Waals surface area contributed by atoms with Crippen LogP contribution in [0, 0.1) is 0 Å². The molecule has 2 rings (SSSR count). The quantitative estimate of drug-likeness (QED) is 0.647. The van der Waals surface area contributed by atoms with Crippen LogP contribution in [0.4, 0.5) is 0 Å². The van der Waals surface area contributed by atoms with Crippen molar-refractivity contribution in [3.63, 3.8) is 0 Å². The van der Waals surface area contributed by atoms with Gasteiger partial charge in [0.2, 0.25) is 0 Å². The van der Waals surface area contributed by atoms with E-state index in [1.54, 1.807) is 18.2 Å². The summed E-state index contributed by atoms with van der Waals surface area (Å²) >= 11 is 10.9. The molecule has 20 heavy (non-hydrogen) atoms. The normalized spacial score (nSPS) is 10.2. The molecule has 0 saturated heterocycles. The average Bonchev–Trinajstić information content (AvgIpc) is 2.45. The van der Waals surface area contributed by atoms with Crippen LogP contribution in [0.1, 0.15) is 17.5 Å². The Hall–Kier alpha value is -1.58. The van der Waals surface area contributed by atoms with Crippen LogP contribution >= 0.6 is 23.8 Å². The third-order valence-corrected chi connectivity index (χ3v) is 3.37. The van der Waals surface area contributed by atoms with Gasteiger partial charge in [-0.05, 0) is 36.6 Å². The van der Waals surface area contributed by atoms with Gasteiger partial charge in [-0.25, -0.2) is 0 Å². The standard InChI is InChI=1S/C16H16ClNOS/c17-13-8-9-15(14(11-13)16(18)20)19-10-4-7-12-5-2-1-3-6-12/h1-3,5-6,8-9,11H,4,7,10H2,(H2,18,20). The van der Waals surface area contributed by atoms with E-state index in [0.717, 1.165) is 12.8 Å².